The summed E-state index contributed by atoms with van der Waals surface area (Å²) in [5, 5.41) is 12.7. The molecule has 1 nitrogen and oxygen atoms in total. The van der Waals surface area contributed by atoms with Gasteiger partial charge in [-0.15, -0.1) is 0 Å². The number of furan rings is 1. The monoisotopic (exact) mass is 732 g/mol. The SMILES string of the molecule is c1ccc2c(c1)-c1ccccc1C21c2ccccc2-c2c(-c3ccc4c(c3)oc3ccccc34)cc3ccc(-c4ccc5ccc6cccc7ccc4c5c67)cc3c21. The molecule has 266 valence electrons. The van der Waals surface area contributed by atoms with Gasteiger partial charge < -0.3 is 4.42 Å². The van der Waals surface area contributed by atoms with Crippen LogP contribution in [0.4, 0.5) is 0 Å². The van der Waals surface area contributed by atoms with Crippen LogP contribution in [0.1, 0.15) is 22.3 Å². The molecule has 11 aromatic carbocycles. The van der Waals surface area contributed by atoms with Crippen LogP contribution in [-0.2, 0) is 5.41 Å². The molecule has 12 aromatic rings. The van der Waals surface area contributed by atoms with Gasteiger partial charge in [0.05, 0.1) is 5.41 Å². The van der Waals surface area contributed by atoms with E-state index in [1.54, 1.807) is 0 Å². The van der Waals surface area contributed by atoms with Crippen LogP contribution < -0.4 is 0 Å². The van der Waals surface area contributed by atoms with Crippen molar-refractivity contribution < 1.29 is 4.42 Å². The standard InChI is InChI=1S/C57H32O/c1-5-16-48-40(12-1)41-13-2-6-17-49(41)57(48)50-18-7-3-15-45(50)55-46(38-26-28-43-42-14-4-8-19-51(42)58-52(43)32-38)30-37-23-22-36(31-47(37)56(55)57)39-27-24-35-21-20-33-10-9-11-34-25-29-44(39)54(35)53(33)34/h1-32H. The van der Waals surface area contributed by atoms with Crippen molar-refractivity contribution >= 4 is 65.0 Å². The summed E-state index contributed by atoms with van der Waals surface area (Å²) < 4.78 is 6.52. The van der Waals surface area contributed by atoms with Crippen LogP contribution in [0.15, 0.2) is 199 Å². The van der Waals surface area contributed by atoms with E-state index in [0.29, 0.717) is 0 Å². The average molecular weight is 733 g/mol. The molecule has 1 spiro atoms. The molecular weight excluding hydrogens is 701 g/mol. The van der Waals surface area contributed by atoms with Crippen LogP contribution >= 0.6 is 0 Å². The third-order valence-corrected chi connectivity index (χ3v) is 13.6. The van der Waals surface area contributed by atoms with Crippen molar-refractivity contribution in [3.8, 4) is 44.5 Å². The molecule has 2 aliphatic carbocycles. The van der Waals surface area contributed by atoms with E-state index in [1.165, 1.54) is 104 Å². The molecule has 0 radical (unpaired) electrons. The number of para-hydroxylation sites is 1. The molecule has 1 heteroatoms. The van der Waals surface area contributed by atoms with E-state index in [9.17, 15) is 0 Å². The van der Waals surface area contributed by atoms with E-state index in [0.717, 1.165) is 27.5 Å². The molecule has 0 bridgehead atoms. The number of hydrogen-bond acceptors (Lipinski definition) is 1. The first-order valence-electron chi connectivity index (χ1n) is 20.2. The van der Waals surface area contributed by atoms with Crippen molar-refractivity contribution in [2.75, 3.05) is 0 Å². The second kappa shape index (κ2) is 10.9. The topological polar surface area (TPSA) is 13.1 Å². The van der Waals surface area contributed by atoms with Crippen LogP contribution in [-0.4, -0.2) is 0 Å². The van der Waals surface area contributed by atoms with Crippen molar-refractivity contribution in [1.82, 2.24) is 0 Å². The first-order chi connectivity index (χ1) is 28.8. The summed E-state index contributed by atoms with van der Waals surface area (Å²) in [7, 11) is 0. The maximum absolute atomic E-state index is 6.52. The summed E-state index contributed by atoms with van der Waals surface area (Å²) in [6.45, 7) is 0. The van der Waals surface area contributed by atoms with Gasteiger partial charge in [-0.1, -0.05) is 164 Å². The Morgan fingerprint density at radius 2 is 0.879 bits per heavy atom. The molecule has 0 amide bonds. The van der Waals surface area contributed by atoms with Gasteiger partial charge in [-0.25, -0.2) is 0 Å². The van der Waals surface area contributed by atoms with Crippen LogP contribution in [0.2, 0.25) is 0 Å². The molecule has 0 aliphatic heterocycles. The van der Waals surface area contributed by atoms with Gasteiger partial charge in [0.2, 0.25) is 0 Å². The van der Waals surface area contributed by atoms with E-state index in [1.807, 2.05) is 6.07 Å². The predicted octanol–water partition coefficient (Wildman–Crippen LogP) is 15.3. The Bertz CT molecular complexity index is 3690. The molecule has 0 saturated carbocycles. The lowest BCUT2D eigenvalue weighted by Gasteiger charge is -2.32. The van der Waals surface area contributed by atoms with Gasteiger partial charge in [-0.2, -0.15) is 0 Å². The molecule has 1 aromatic heterocycles. The molecular formula is C57H32O. The van der Waals surface area contributed by atoms with Crippen LogP contribution in [0.25, 0.3) is 110 Å². The van der Waals surface area contributed by atoms with E-state index in [4.69, 9.17) is 4.42 Å². The van der Waals surface area contributed by atoms with E-state index < -0.39 is 5.41 Å². The molecule has 0 fully saturated rings. The van der Waals surface area contributed by atoms with Gasteiger partial charge in [-0.05, 0) is 140 Å². The molecule has 0 atom stereocenters. The molecule has 0 N–H and O–H groups in total. The largest absolute Gasteiger partial charge is 0.456 e. The molecule has 1 heterocycles. The van der Waals surface area contributed by atoms with Gasteiger partial charge in [0.25, 0.3) is 0 Å². The second-order valence-electron chi connectivity index (χ2n) is 16.3. The Balaban J connectivity index is 1.13. The Morgan fingerprint density at radius 3 is 1.67 bits per heavy atom. The van der Waals surface area contributed by atoms with Crippen molar-refractivity contribution in [3.63, 3.8) is 0 Å². The Hall–Kier alpha value is -7.48. The van der Waals surface area contributed by atoms with Gasteiger partial charge >= 0.3 is 0 Å². The minimum atomic E-state index is -0.502. The fourth-order valence-electron chi connectivity index (χ4n) is 11.3. The zero-order valence-electron chi connectivity index (χ0n) is 31.4. The number of rotatable bonds is 2. The van der Waals surface area contributed by atoms with Crippen molar-refractivity contribution in [3.05, 3.63) is 216 Å². The quantitative estimate of drug-likeness (QED) is 0.161. The Kier molecular flexibility index (Phi) is 5.76. The highest BCUT2D eigenvalue weighted by Gasteiger charge is 2.53. The maximum Gasteiger partial charge on any atom is 0.136 e. The van der Waals surface area contributed by atoms with Gasteiger partial charge in [0.1, 0.15) is 11.2 Å². The number of benzene rings is 11. The normalized spacial score (nSPS) is 13.7. The number of fused-ring (bicyclic) bond motifs is 15. The molecule has 0 unspecified atom stereocenters. The predicted molar refractivity (Wildman–Crippen MR) is 242 cm³/mol. The van der Waals surface area contributed by atoms with Crippen LogP contribution in [0, 0.1) is 0 Å². The Labute approximate surface area is 334 Å². The molecule has 0 saturated heterocycles. The molecule has 14 rings (SSSR count). The zero-order chi connectivity index (χ0) is 37.7. The summed E-state index contributed by atoms with van der Waals surface area (Å²) in [6, 6.07) is 72.7. The first kappa shape index (κ1) is 30.7. The lowest BCUT2D eigenvalue weighted by Crippen LogP contribution is -2.26. The van der Waals surface area contributed by atoms with E-state index in [2.05, 4.69) is 188 Å². The number of hydrogen-bond donors (Lipinski definition) is 0. The summed E-state index contributed by atoms with van der Waals surface area (Å²) in [4.78, 5) is 0. The van der Waals surface area contributed by atoms with Crippen LogP contribution in [0.5, 0.6) is 0 Å². The lowest BCUT2D eigenvalue weighted by atomic mass is 9.69. The first-order valence-corrected chi connectivity index (χ1v) is 20.2. The van der Waals surface area contributed by atoms with Crippen LogP contribution in [0.3, 0.4) is 0 Å². The van der Waals surface area contributed by atoms with E-state index in [-0.39, 0.29) is 0 Å². The van der Waals surface area contributed by atoms with Gasteiger partial charge in [-0.3, -0.25) is 0 Å². The highest BCUT2D eigenvalue weighted by atomic mass is 16.3. The highest BCUT2D eigenvalue weighted by molar-refractivity contribution is 6.25. The Morgan fingerprint density at radius 1 is 0.310 bits per heavy atom. The molecule has 2 aliphatic rings. The smallest absolute Gasteiger partial charge is 0.136 e. The summed E-state index contributed by atoms with van der Waals surface area (Å²) in [5.74, 6) is 0. The summed E-state index contributed by atoms with van der Waals surface area (Å²) >= 11 is 0. The minimum Gasteiger partial charge on any atom is -0.456 e. The van der Waals surface area contributed by atoms with Gasteiger partial charge in [0, 0.05) is 10.8 Å². The minimum absolute atomic E-state index is 0.502. The molecule has 58 heavy (non-hydrogen) atoms. The van der Waals surface area contributed by atoms with E-state index >= 15 is 0 Å². The average Bonchev–Trinajstić information content (AvgIpc) is 3.92. The zero-order valence-corrected chi connectivity index (χ0v) is 31.4. The van der Waals surface area contributed by atoms with Crippen molar-refractivity contribution in [2.45, 2.75) is 5.41 Å². The second-order valence-corrected chi connectivity index (χ2v) is 16.3. The fraction of sp³-hybridized carbons (Fsp3) is 0.0175. The lowest BCUT2D eigenvalue weighted by molar-refractivity contribution is 0.669. The summed E-state index contributed by atoms with van der Waals surface area (Å²) in [6.07, 6.45) is 0. The maximum atomic E-state index is 6.52. The fourth-order valence-corrected chi connectivity index (χ4v) is 11.3. The third kappa shape index (κ3) is 3.72. The van der Waals surface area contributed by atoms with Gasteiger partial charge in [0.15, 0.2) is 0 Å². The van der Waals surface area contributed by atoms with Crippen molar-refractivity contribution in [2.24, 2.45) is 0 Å². The highest BCUT2D eigenvalue weighted by Crippen LogP contribution is 2.65. The third-order valence-electron chi connectivity index (χ3n) is 13.6. The summed E-state index contributed by atoms with van der Waals surface area (Å²) in [5.41, 5.74) is 16.8. The van der Waals surface area contributed by atoms with Crippen molar-refractivity contribution in [1.29, 1.82) is 0 Å².